The van der Waals surface area contributed by atoms with Crippen LogP contribution in [-0.4, -0.2) is 15.6 Å². The molecule has 0 atom stereocenters. The molecule has 0 saturated carbocycles. The zero-order valence-corrected chi connectivity index (χ0v) is 9.90. The minimum Gasteiger partial charge on any atom is -0.478 e. The molecule has 2 aromatic rings. The maximum atomic E-state index is 12.6. The van der Waals surface area contributed by atoms with E-state index < -0.39 is 17.7 Å². The molecule has 1 N–H and O–H groups in total. The number of carboxylic acids is 1. The maximum Gasteiger partial charge on any atom is 0.416 e. The lowest BCUT2D eigenvalue weighted by Gasteiger charge is -2.06. The van der Waals surface area contributed by atoms with Crippen molar-refractivity contribution in [1.82, 2.24) is 4.57 Å². The highest BCUT2D eigenvalue weighted by atomic mass is 19.4. The van der Waals surface area contributed by atoms with Gasteiger partial charge in [0.2, 0.25) is 0 Å². The van der Waals surface area contributed by atoms with Crippen LogP contribution in [0, 0.1) is 0 Å². The van der Waals surface area contributed by atoms with Gasteiger partial charge >= 0.3 is 12.1 Å². The quantitative estimate of drug-likeness (QED) is 0.850. The highest BCUT2D eigenvalue weighted by molar-refractivity contribution is 5.94. The van der Waals surface area contributed by atoms with Gasteiger partial charge in [-0.25, -0.2) is 4.79 Å². The Bertz CT molecular complexity index is 668. The number of benzene rings is 1. The molecule has 0 radical (unpaired) electrons. The molecule has 2 rings (SSSR count). The number of nitrogens with zero attached hydrogens (tertiary/aromatic N) is 1. The molecule has 0 aliphatic carbocycles. The molecule has 0 amide bonds. The smallest absolute Gasteiger partial charge is 0.416 e. The molecule has 1 heterocycles. The van der Waals surface area contributed by atoms with Crippen LogP contribution in [0.4, 0.5) is 13.2 Å². The highest BCUT2D eigenvalue weighted by Gasteiger charge is 2.30. The third kappa shape index (κ3) is 2.62. The molecule has 1 aromatic heterocycles. The van der Waals surface area contributed by atoms with E-state index >= 15 is 0 Å². The zero-order valence-electron chi connectivity index (χ0n) is 9.90. The van der Waals surface area contributed by atoms with Gasteiger partial charge in [0.1, 0.15) is 0 Å². The number of alkyl halides is 3. The minimum absolute atomic E-state index is 0.370. The summed E-state index contributed by atoms with van der Waals surface area (Å²) in [5.41, 5.74) is 0.292. The van der Waals surface area contributed by atoms with Crippen LogP contribution in [0.5, 0.6) is 0 Å². The van der Waals surface area contributed by atoms with Crippen LogP contribution in [0.1, 0.15) is 11.1 Å². The van der Waals surface area contributed by atoms with Gasteiger partial charge in [-0.2, -0.15) is 13.2 Å². The van der Waals surface area contributed by atoms with Gasteiger partial charge in [0, 0.05) is 35.8 Å². The second-order valence-electron chi connectivity index (χ2n) is 4.10. The maximum absolute atomic E-state index is 12.6. The van der Waals surface area contributed by atoms with Gasteiger partial charge in [-0.05, 0) is 24.3 Å². The van der Waals surface area contributed by atoms with Crippen LogP contribution in [0.25, 0.3) is 17.0 Å². The van der Waals surface area contributed by atoms with Gasteiger partial charge in [0.05, 0.1) is 5.56 Å². The molecule has 100 valence electrons. The summed E-state index contributed by atoms with van der Waals surface area (Å²) in [5.74, 6) is -1.15. The normalized spacial score (nSPS) is 12.4. The van der Waals surface area contributed by atoms with E-state index in [0.717, 1.165) is 18.2 Å². The summed E-state index contributed by atoms with van der Waals surface area (Å²) in [7, 11) is 1.69. The van der Waals surface area contributed by atoms with Crippen LogP contribution in [0.2, 0.25) is 0 Å². The van der Waals surface area contributed by atoms with Gasteiger partial charge in [-0.15, -0.1) is 0 Å². The van der Waals surface area contributed by atoms with E-state index in [1.54, 1.807) is 17.8 Å². The summed E-state index contributed by atoms with van der Waals surface area (Å²) >= 11 is 0. The first kappa shape index (κ1) is 13.2. The number of fused-ring (bicyclic) bond motifs is 1. The molecule has 19 heavy (non-hydrogen) atoms. The highest BCUT2D eigenvalue weighted by Crippen LogP contribution is 2.33. The number of hydrogen-bond acceptors (Lipinski definition) is 1. The van der Waals surface area contributed by atoms with Crippen molar-refractivity contribution in [1.29, 1.82) is 0 Å². The fraction of sp³-hybridized carbons (Fsp3) is 0.154. The largest absolute Gasteiger partial charge is 0.478 e. The monoisotopic (exact) mass is 269 g/mol. The standard InChI is InChI=1S/C13H10F3NO2/c1-17-7-8(2-5-12(18)19)10-6-9(13(14,15)16)3-4-11(10)17/h2-7H,1H3,(H,18,19)/b5-2-. The summed E-state index contributed by atoms with van der Waals surface area (Å²) in [5, 5.41) is 8.93. The predicted octanol–water partition coefficient (Wildman–Crippen LogP) is 3.29. The first-order chi connectivity index (χ1) is 8.79. The molecule has 0 spiro atoms. The number of aromatic nitrogens is 1. The molecule has 0 aliphatic heterocycles. The van der Waals surface area contributed by atoms with Crippen molar-refractivity contribution in [2.75, 3.05) is 0 Å². The average molecular weight is 269 g/mol. The summed E-state index contributed by atoms with van der Waals surface area (Å²) in [6, 6.07) is 3.40. The number of halogens is 3. The predicted molar refractivity (Wildman–Crippen MR) is 64.6 cm³/mol. The summed E-state index contributed by atoms with van der Waals surface area (Å²) < 4.78 is 39.6. The fourth-order valence-electron chi connectivity index (χ4n) is 1.89. The zero-order chi connectivity index (χ0) is 14.2. The van der Waals surface area contributed by atoms with E-state index in [1.807, 2.05) is 0 Å². The molecular weight excluding hydrogens is 259 g/mol. The van der Waals surface area contributed by atoms with Crippen molar-refractivity contribution in [3.63, 3.8) is 0 Å². The van der Waals surface area contributed by atoms with E-state index in [4.69, 9.17) is 5.11 Å². The number of carbonyl (C=O) groups is 1. The molecule has 0 unspecified atom stereocenters. The second kappa shape index (κ2) is 4.46. The van der Waals surface area contributed by atoms with E-state index in [9.17, 15) is 18.0 Å². The Morgan fingerprint density at radius 3 is 2.63 bits per heavy atom. The lowest BCUT2D eigenvalue weighted by Crippen LogP contribution is -2.04. The van der Waals surface area contributed by atoms with Gasteiger partial charge < -0.3 is 9.67 Å². The van der Waals surface area contributed by atoms with Gasteiger partial charge in [-0.1, -0.05) is 0 Å². The number of hydrogen-bond donors (Lipinski definition) is 1. The van der Waals surface area contributed by atoms with E-state index in [0.29, 0.717) is 16.5 Å². The summed E-state index contributed by atoms with van der Waals surface area (Å²) in [4.78, 5) is 10.5. The number of aliphatic carboxylic acids is 1. The van der Waals surface area contributed by atoms with Gasteiger partial charge in [0.15, 0.2) is 0 Å². The average Bonchev–Trinajstić information content (AvgIpc) is 2.62. The molecule has 0 aliphatic rings. The SMILES string of the molecule is Cn1cc(/C=C\C(=O)O)c2cc(C(F)(F)F)ccc21. The van der Waals surface area contributed by atoms with Crippen molar-refractivity contribution < 1.29 is 23.1 Å². The number of rotatable bonds is 2. The van der Waals surface area contributed by atoms with E-state index in [-0.39, 0.29) is 0 Å². The van der Waals surface area contributed by atoms with Crippen LogP contribution in [0.15, 0.2) is 30.5 Å². The molecule has 0 fully saturated rings. The van der Waals surface area contributed by atoms with Crippen molar-refractivity contribution >= 4 is 22.9 Å². The molecular formula is C13H10F3NO2. The third-order valence-electron chi connectivity index (χ3n) is 2.75. The fourth-order valence-corrected chi connectivity index (χ4v) is 1.89. The molecule has 1 aromatic carbocycles. The van der Waals surface area contributed by atoms with Crippen LogP contribution >= 0.6 is 0 Å². The first-order valence-corrected chi connectivity index (χ1v) is 5.36. The van der Waals surface area contributed by atoms with Gasteiger partial charge in [0.25, 0.3) is 0 Å². The molecule has 0 saturated heterocycles. The van der Waals surface area contributed by atoms with Gasteiger partial charge in [-0.3, -0.25) is 0 Å². The Labute approximate surface area is 106 Å². The third-order valence-corrected chi connectivity index (χ3v) is 2.75. The topological polar surface area (TPSA) is 42.2 Å². The van der Waals surface area contributed by atoms with E-state index in [2.05, 4.69) is 0 Å². The summed E-state index contributed by atoms with van der Waals surface area (Å²) in [6.45, 7) is 0. The second-order valence-corrected chi connectivity index (χ2v) is 4.10. The van der Waals surface area contributed by atoms with Crippen LogP contribution in [-0.2, 0) is 18.0 Å². The first-order valence-electron chi connectivity index (χ1n) is 5.36. The number of carboxylic acid groups (broad SMARTS) is 1. The lowest BCUT2D eigenvalue weighted by molar-refractivity contribution is -0.137. The van der Waals surface area contributed by atoms with E-state index in [1.165, 1.54) is 12.1 Å². The van der Waals surface area contributed by atoms with Crippen LogP contribution in [0.3, 0.4) is 0 Å². The Balaban J connectivity index is 2.62. The Morgan fingerprint density at radius 1 is 1.37 bits per heavy atom. The molecule has 0 bridgehead atoms. The minimum atomic E-state index is -4.42. The Kier molecular flexibility index (Phi) is 3.09. The van der Waals surface area contributed by atoms with Crippen molar-refractivity contribution in [3.8, 4) is 0 Å². The van der Waals surface area contributed by atoms with Crippen molar-refractivity contribution in [2.45, 2.75) is 6.18 Å². The Morgan fingerprint density at radius 2 is 2.05 bits per heavy atom. The molecule has 6 heteroatoms. The molecule has 3 nitrogen and oxygen atoms in total. The Hall–Kier alpha value is -2.24. The van der Waals surface area contributed by atoms with Crippen LogP contribution < -0.4 is 0 Å². The lowest BCUT2D eigenvalue weighted by atomic mass is 10.1. The van der Waals surface area contributed by atoms with Crippen molar-refractivity contribution in [2.24, 2.45) is 7.05 Å². The number of aryl methyl sites for hydroxylation is 1. The van der Waals surface area contributed by atoms with Crippen molar-refractivity contribution in [3.05, 3.63) is 41.6 Å². The summed E-state index contributed by atoms with van der Waals surface area (Å²) in [6.07, 6.45) is -0.651.